The Labute approximate surface area is 230 Å². The Hall–Kier alpha value is -2.81. The molecule has 3 heteroatoms. The predicted molar refractivity (Wildman–Crippen MR) is 158 cm³/mol. The van der Waals surface area contributed by atoms with Gasteiger partial charge < -0.3 is 0 Å². The molecule has 1 aliphatic rings. The van der Waals surface area contributed by atoms with Crippen LogP contribution in [0.15, 0.2) is 36.4 Å². The van der Waals surface area contributed by atoms with Crippen molar-refractivity contribution in [1.29, 1.82) is 0 Å². The third-order valence-electron chi connectivity index (χ3n) is 8.23. The summed E-state index contributed by atoms with van der Waals surface area (Å²) in [5, 5.41) is 0. The summed E-state index contributed by atoms with van der Waals surface area (Å²) in [5.41, 5.74) is 6.75. The Morgan fingerprint density at radius 2 is 1.68 bits per heavy atom. The standard InChI is InChI=1S/C35H46O3/c1-8-10-28(31(9-2)32(37)19-23(3)36)20-26-21-29-16-15-27(24(4)34(29)33(38)22-26)14-11-25-12-17-30(18-13-25)35(5,6)7/h11-18,26,28,31H,8-10,19-22H2,1-7H3/b14-11+. The largest absolute Gasteiger partial charge is 0.300 e. The zero-order chi connectivity index (χ0) is 28.0. The number of hydrogen-bond acceptors (Lipinski definition) is 3. The van der Waals surface area contributed by atoms with Gasteiger partial charge in [0.25, 0.3) is 0 Å². The fourth-order valence-electron chi connectivity index (χ4n) is 6.20. The van der Waals surface area contributed by atoms with E-state index >= 15 is 0 Å². The van der Waals surface area contributed by atoms with Crippen LogP contribution in [0.2, 0.25) is 0 Å². The van der Waals surface area contributed by atoms with Crippen LogP contribution in [-0.2, 0) is 21.4 Å². The molecule has 0 heterocycles. The van der Waals surface area contributed by atoms with Crippen LogP contribution >= 0.6 is 0 Å². The van der Waals surface area contributed by atoms with Crippen molar-refractivity contribution in [3.8, 4) is 0 Å². The van der Waals surface area contributed by atoms with Crippen LogP contribution in [0.5, 0.6) is 0 Å². The van der Waals surface area contributed by atoms with Gasteiger partial charge in [0.05, 0.1) is 6.42 Å². The number of ketones is 3. The maximum absolute atomic E-state index is 13.4. The lowest BCUT2D eigenvalue weighted by molar-refractivity contribution is -0.129. The van der Waals surface area contributed by atoms with E-state index in [9.17, 15) is 14.4 Å². The average molecular weight is 515 g/mol. The molecule has 0 radical (unpaired) electrons. The van der Waals surface area contributed by atoms with E-state index in [4.69, 9.17) is 0 Å². The van der Waals surface area contributed by atoms with E-state index in [1.807, 2.05) is 6.92 Å². The SMILES string of the molecule is CCCC(CC1CC(=O)c2c(ccc(/C=C/c3ccc(C(C)(C)C)cc3)c2C)C1)C(CC)C(=O)CC(C)=O. The first-order chi connectivity index (χ1) is 17.9. The number of carbonyl (C=O) groups excluding carboxylic acids is 3. The van der Waals surface area contributed by atoms with E-state index < -0.39 is 0 Å². The molecule has 0 bridgehead atoms. The van der Waals surface area contributed by atoms with Crippen LogP contribution in [0, 0.1) is 24.7 Å². The van der Waals surface area contributed by atoms with Crippen molar-refractivity contribution in [2.45, 2.75) is 98.8 Å². The van der Waals surface area contributed by atoms with E-state index in [1.54, 1.807) is 0 Å². The highest BCUT2D eigenvalue weighted by molar-refractivity contribution is 6.01. The number of carbonyl (C=O) groups is 3. The maximum Gasteiger partial charge on any atom is 0.163 e. The summed E-state index contributed by atoms with van der Waals surface area (Å²) in [6.07, 6.45) is 9.25. The van der Waals surface area contributed by atoms with Gasteiger partial charge in [-0.05, 0) is 78.2 Å². The summed E-state index contributed by atoms with van der Waals surface area (Å²) in [4.78, 5) is 37.8. The Bertz CT molecular complexity index is 1180. The number of Topliss-reactive ketones (excluding diaryl/α,β-unsaturated/α-hetero) is 3. The van der Waals surface area contributed by atoms with E-state index in [-0.39, 0.29) is 46.9 Å². The molecule has 38 heavy (non-hydrogen) atoms. The van der Waals surface area contributed by atoms with E-state index in [1.165, 1.54) is 12.5 Å². The van der Waals surface area contributed by atoms with Gasteiger partial charge in [-0.2, -0.15) is 0 Å². The third kappa shape index (κ3) is 7.40. The molecule has 0 fully saturated rings. The van der Waals surface area contributed by atoms with Crippen LogP contribution in [0.25, 0.3) is 12.2 Å². The molecular formula is C35H46O3. The number of hydrogen-bond donors (Lipinski definition) is 0. The summed E-state index contributed by atoms with van der Waals surface area (Å²) in [5.74, 6) is 0.602. The zero-order valence-electron chi connectivity index (χ0n) is 24.5. The molecule has 3 unspecified atom stereocenters. The van der Waals surface area contributed by atoms with Crippen molar-refractivity contribution in [1.82, 2.24) is 0 Å². The molecule has 0 saturated heterocycles. The molecule has 0 aromatic heterocycles. The minimum Gasteiger partial charge on any atom is -0.300 e. The molecule has 204 valence electrons. The first kappa shape index (κ1) is 29.7. The highest BCUT2D eigenvalue weighted by atomic mass is 16.1. The second-order valence-corrected chi connectivity index (χ2v) is 12.4. The van der Waals surface area contributed by atoms with Crippen molar-refractivity contribution in [2.24, 2.45) is 17.8 Å². The Morgan fingerprint density at radius 1 is 1.00 bits per heavy atom. The third-order valence-corrected chi connectivity index (χ3v) is 8.23. The van der Waals surface area contributed by atoms with E-state index in [2.05, 4.69) is 83.2 Å². The molecular weight excluding hydrogens is 468 g/mol. The minimum atomic E-state index is -0.0953. The van der Waals surface area contributed by atoms with Crippen molar-refractivity contribution >= 4 is 29.5 Å². The smallest absolute Gasteiger partial charge is 0.163 e. The van der Waals surface area contributed by atoms with Crippen molar-refractivity contribution in [3.05, 3.63) is 69.8 Å². The summed E-state index contributed by atoms with van der Waals surface area (Å²) in [7, 11) is 0. The number of rotatable bonds is 11. The molecule has 0 spiro atoms. The first-order valence-electron chi connectivity index (χ1n) is 14.4. The maximum atomic E-state index is 13.4. The molecule has 3 rings (SSSR count). The normalized spacial score (nSPS) is 17.3. The summed E-state index contributed by atoms with van der Waals surface area (Å²) in [6.45, 7) is 14.4. The van der Waals surface area contributed by atoms with Gasteiger partial charge in [0, 0.05) is 17.9 Å². The van der Waals surface area contributed by atoms with Crippen molar-refractivity contribution in [3.63, 3.8) is 0 Å². The van der Waals surface area contributed by atoms with E-state index in [0.29, 0.717) is 6.42 Å². The topological polar surface area (TPSA) is 51.2 Å². The van der Waals surface area contributed by atoms with Crippen LogP contribution in [0.3, 0.4) is 0 Å². The predicted octanol–water partition coefficient (Wildman–Crippen LogP) is 8.59. The van der Waals surface area contributed by atoms with Crippen LogP contribution in [-0.4, -0.2) is 17.3 Å². The van der Waals surface area contributed by atoms with Gasteiger partial charge in [0.2, 0.25) is 0 Å². The Kier molecular flexibility index (Phi) is 10.0. The molecule has 0 aliphatic heterocycles. The molecule has 3 nitrogen and oxygen atoms in total. The Morgan fingerprint density at radius 3 is 2.26 bits per heavy atom. The zero-order valence-corrected chi connectivity index (χ0v) is 24.5. The molecule has 0 N–H and O–H groups in total. The van der Waals surface area contributed by atoms with Crippen LogP contribution in [0.4, 0.5) is 0 Å². The summed E-state index contributed by atoms with van der Waals surface area (Å²) < 4.78 is 0. The van der Waals surface area contributed by atoms with Gasteiger partial charge >= 0.3 is 0 Å². The molecule has 2 aromatic rings. The van der Waals surface area contributed by atoms with Gasteiger partial charge in [-0.1, -0.05) is 96.0 Å². The van der Waals surface area contributed by atoms with Gasteiger partial charge in [0.1, 0.15) is 11.6 Å². The fraction of sp³-hybridized carbons (Fsp3) is 0.514. The quantitative estimate of drug-likeness (QED) is 0.223. The van der Waals surface area contributed by atoms with Gasteiger partial charge in [-0.3, -0.25) is 14.4 Å². The van der Waals surface area contributed by atoms with Gasteiger partial charge in [-0.15, -0.1) is 0 Å². The average Bonchev–Trinajstić information content (AvgIpc) is 2.83. The molecule has 0 amide bonds. The molecule has 3 atom stereocenters. The van der Waals surface area contributed by atoms with Gasteiger partial charge in [0.15, 0.2) is 5.78 Å². The lowest BCUT2D eigenvalue weighted by atomic mass is 9.72. The molecule has 1 aliphatic carbocycles. The number of fused-ring (bicyclic) bond motifs is 1. The Balaban J connectivity index is 1.77. The van der Waals surface area contributed by atoms with E-state index in [0.717, 1.165) is 59.9 Å². The highest BCUT2D eigenvalue weighted by Crippen LogP contribution is 2.37. The molecule has 0 saturated carbocycles. The van der Waals surface area contributed by atoms with Crippen LogP contribution in [0.1, 0.15) is 118 Å². The van der Waals surface area contributed by atoms with Crippen molar-refractivity contribution in [2.75, 3.05) is 0 Å². The van der Waals surface area contributed by atoms with Gasteiger partial charge in [-0.25, -0.2) is 0 Å². The number of benzene rings is 2. The lowest BCUT2D eigenvalue weighted by Gasteiger charge is -2.32. The second kappa shape index (κ2) is 12.8. The minimum absolute atomic E-state index is 0.0291. The highest BCUT2D eigenvalue weighted by Gasteiger charge is 2.33. The fourth-order valence-corrected chi connectivity index (χ4v) is 6.20. The molecule has 2 aromatic carbocycles. The second-order valence-electron chi connectivity index (χ2n) is 12.4. The lowest BCUT2D eigenvalue weighted by Crippen LogP contribution is -2.29. The summed E-state index contributed by atoms with van der Waals surface area (Å²) in [6, 6.07) is 12.9. The monoisotopic (exact) mass is 514 g/mol. The first-order valence-corrected chi connectivity index (χ1v) is 14.4. The van der Waals surface area contributed by atoms with Crippen LogP contribution < -0.4 is 0 Å². The summed E-state index contributed by atoms with van der Waals surface area (Å²) >= 11 is 0. The van der Waals surface area contributed by atoms with Crippen molar-refractivity contribution < 1.29 is 14.4 Å².